The number of benzene rings is 1. The van der Waals surface area contributed by atoms with Crippen LogP contribution in [0.15, 0.2) is 30.3 Å². The van der Waals surface area contributed by atoms with Gasteiger partial charge in [0.1, 0.15) is 11.6 Å². The molecule has 0 bridgehead atoms. The van der Waals surface area contributed by atoms with Crippen molar-refractivity contribution in [3.63, 3.8) is 0 Å². The number of aromatic nitrogens is 2. The van der Waals surface area contributed by atoms with E-state index in [1.165, 1.54) is 6.07 Å². The normalized spacial score (nSPS) is 18.2. The molecule has 3 heterocycles. The molecule has 2 fully saturated rings. The maximum absolute atomic E-state index is 13.9. The molecule has 0 unspecified atom stereocenters. The number of hydrogen-bond donors (Lipinski definition) is 0. The molecular weight excluding hydrogens is 378 g/mol. The molecule has 154 valence electrons. The molecule has 0 atom stereocenters. The summed E-state index contributed by atoms with van der Waals surface area (Å²) in [5.41, 5.74) is -0.101. The average Bonchev–Trinajstić information content (AvgIpc) is 2.74. The van der Waals surface area contributed by atoms with Crippen LogP contribution in [-0.2, 0) is 0 Å². The van der Waals surface area contributed by atoms with Crippen molar-refractivity contribution in [3.8, 4) is 0 Å². The monoisotopic (exact) mass is 402 g/mol. The molecule has 2 aromatic rings. The summed E-state index contributed by atoms with van der Waals surface area (Å²) in [6.45, 7) is 5.93. The minimum atomic E-state index is -0.831. The number of amides is 1. The second-order valence-corrected chi connectivity index (χ2v) is 7.44. The van der Waals surface area contributed by atoms with Gasteiger partial charge in [-0.2, -0.15) is 0 Å². The molecule has 0 radical (unpaired) electrons. The molecule has 2 saturated heterocycles. The first kappa shape index (κ1) is 19.5. The molecule has 2 aliphatic heterocycles. The molecule has 1 amide bonds. The summed E-state index contributed by atoms with van der Waals surface area (Å²) in [5.74, 6) is -0.297. The third-order valence-electron chi connectivity index (χ3n) is 5.52. The molecule has 0 saturated carbocycles. The molecule has 7 nitrogen and oxygen atoms in total. The number of piperazine rings is 2. The van der Waals surface area contributed by atoms with Gasteiger partial charge in [0.2, 0.25) is 0 Å². The van der Waals surface area contributed by atoms with Gasteiger partial charge in [-0.25, -0.2) is 8.78 Å². The lowest BCUT2D eigenvalue weighted by Gasteiger charge is -2.36. The maximum atomic E-state index is 13.9. The minimum Gasteiger partial charge on any atom is -0.353 e. The number of likely N-dealkylation sites (N-methyl/N-ethyl adjacent to an activating group) is 1. The smallest absolute Gasteiger partial charge is 0.256 e. The first-order valence-corrected chi connectivity index (χ1v) is 9.78. The Morgan fingerprint density at radius 3 is 1.90 bits per heavy atom. The fraction of sp³-hybridized carbons (Fsp3) is 0.450. The van der Waals surface area contributed by atoms with E-state index >= 15 is 0 Å². The van der Waals surface area contributed by atoms with Crippen molar-refractivity contribution < 1.29 is 13.6 Å². The zero-order valence-corrected chi connectivity index (χ0v) is 16.4. The van der Waals surface area contributed by atoms with E-state index in [9.17, 15) is 13.6 Å². The van der Waals surface area contributed by atoms with E-state index in [-0.39, 0.29) is 5.56 Å². The van der Waals surface area contributed by atoms with Gasteiger partial charge < -0.3 is 19.6 Å². The standard InChI is InChI=1S/C20H24F2N6O/c1-25-6-8-26(9-7-25)18-4-5-19(24-23-18)27-10-12-28(13-11-27)20(29)16-3-2-15(21)14-17(16)22/h2-5,14H,6-13H2,1H3. The van der Waals surface area contributed by atoms with Crippen molar-refractivity contribution in [2.45, 2.75) is 0 Å². The van der Waals surface area contributed by atoms with E-state index in [1.54, 1.807) is 4.90 Å². The van der Waals surface area contributed by atoms with Crippen LogP contribution in [0.5, 0.6) is 0 Å². The van der Waals surface area contributed by atoms with Crippen LogP contribution < -0.4 is 9.80 Å². The van der Waals surface area contributed by atoms with Gasteiger partial charge in [0.25, 0.3) is 5.91 Å². The van der Waals surface area contributed by atoms with Crippen molar-refractivity contribution in [2.24, 2.45) is 0 Å². The Morgan fingerprint density at radius 2 is 1.38 bits per heavy atom. The Morgan fingerprint density at radius 1 is 0.828 bits per heavy atom. The van der Waals surface area contributed by atoms with Gasteiger partial charge in [0.05, 0.1) is 5.56 Å². The first-order valence-electron chi connectivity index (χ1n) is 9.78. The predicted octanol–water partition coefficient (Wildman–Crippen LogP) is 1.47. The first-order chi connectivity index (χ1) is 14.0. The highest BCUT2D eigenvalue weighted by molar-refractivity contribution is 5.94. The maximum Gasteiger partial charge on any atom is 0.256 e. The van der Waals surface area contributed by atoms with Gasteiger partial charge in [0, 0.05) is 58.4 Å². The van der Waals surface area contributed by atoms with E-state index < -0.39 is 17.5 Å². The highest BCUT2D eigenvalue weighted by Crippen LogP contribution is 2.19. The number of carbonyl (C=O) groups is 1. The highest BCUT2D eigenvalue weighted by Gasteiger charge is 2.25. The van der Waals surface area contributed by atoms with Crippen LogP contribution in [-0.4, -0.2) is 85.3 Å². The SMILES string of the molecule is CN1CCN(c2ccc(N3CCN(C(=O)c4ccc(F)cc4F)CC3)nn2)CC1. The van der Waals surface area contributed by atoms with Gasteiger partial charge in [0.15, 0.2) is 11.6 Å². The fourth-order valence-corrected chi connectivity index (χ4v) is 3.66. The second-order valence-electron chi connectivity index (χ2n) is 7.44. The van der Waals surface area contributed by atoms with Crippen LogP contribution in [0.25, 0.3) is 0 Å². The van der Waals surface area contributed by atoms with Crippen LogP contribution >= 0.6 is 0 Å². The van der Waals surface area contributed by atoms with Gasteiger partial charge in [-0.3, -0.25) is 4.79 Å². The van der Waals surface area contributed by atoms with Crippen molar-refractivity contribution >= 4 is 17.5 Å². The van der Waals surface area contributed by atoms with Crippen molar-refractivity contribution in [3.05, 3.63) is 47.5 Å². The summed E-state index contributed by atoms with van der Waals surface area (Å²) in [5, 5.41) is 8.74. The number of nitrogens with zero attached hydrogens (tertiary/aromatic N) is 6. The van der Waals surface area contributed by atoms with E-state index in [4.69, 9.17) is 0 Å². The Kier molecular flexibility index (Phi) is 5.57. The predicted molar refractivity (Wildman–Crippen MR) is 106 cm³/mol. The molecule has 1 aromatic heterocycles. The van der Waals surface area contributed by atoms with Crippen LogP contribution in [0, 0.1) is 11.6 Å². The summed E-state index contributed by atoms with van der Waals surface area (Å²) in [6.07, 6.45) is 0. The molecule has 2 aliphatic rings. The van der Waals surface area contributed by atoms with Gasteiger partial charge in [-0.15, -0.1) is 10.2 Å². The molecule has 0 spiro atoms. The molecule has 9 heteroatoms. The lowest BCUT2D eigenvalue weighted by molar-refractivity contribution is 0.0741. The fourth-order valence-electron chi connectivity index (χ4n) is 3.66. The molecule has 4 rings (SSSR count). The summed E-state index contributed by atoms with van der Waals surface area (Å²) in [6, 6.07) is 6.98. The average molecular weight is 402 g/mol. The summed E-state index contributed by atoms with van der Waals surface area (Å²) < 4.78 is 27.0. The number of hydrogen-bond acceptors (Lipinski definition) is 6. The Hall–Kier alpha value is -2.81. The van der Waals surface area contributed by atoms with E-state index in [1.807, 2.05) is 12.1 Å². The van der Waals surface area contributed by atoms with Gasteiger partial charge in [-0.05, 0) is 31.3 Å². The Balaban J connectivity index is 1.35. The van der Waals surface area contributed by atoms with Crippen LogP contribution in [0.2, 0.25) is 0 Å². The third-order valence-corrected chi connectivity index (χ3v) is 5.52. The number of carbonyl (C=O) groups excluding carboxylic acids is 1. The zero-order chi connectivity index (χ0) is 20.4. The summed E-state index contributed by atoms with van der Waals surface area (Å²) >= 11 is 0. The zero-order valence-electron chi connectivity index (χ0n) is 16.4. The minimum absolute atomic E-state index is 0.101. The van der Waals surface area contributed by atoms with E-state index in [2.05, 4.69) is 31.9 Å². The number of halogens is 2. The number of anilines is 2. The van der Waals surface area contributed by atoms with E-state index in [0.717, 1.165) is 49.9 Å². The van der Waals surface area contributed by atoms with E-state index in [0.29, 0.717) is 26.2 Å². The topological polar surface area (TPSA) is 55.8 Å². The Labute approximate surface area is 168 Å². The van der Waals surface area contributed by atoms with Gasteiger partial charge in [-0.1, -0.05) is 0 Å². The summed E-state index contributed by atoms with van der Waals surface area (Å²) in [7, 11) is 2.11. The van der Waals surface area contributed by atoms with Crippen molar-refractivity contribution in [2.75, 3.05) is 69.2 Å². The lowest BCUT2D eigenvalue weighted by atomic mass is 10.1. The third kappa shape index (κ3) is 4.29. The largest absolute Gasteiger partial charge is 0.353 e. The lowest BCUT2D eigenvalue weighted by Crippen LogP contribution is -2.49. The van der Waals surface area contributed by atoms with Crippen LogP contribution in [0.4, 0.5) is 20.4 Å². The van der Waals surface area contributed by atoms with Crippen LogP contribution in [0.1, 0.15) is 10.4 Å². The second kappa shape index (κ2) is 8.28. The summed E-state index contributed by atoms with van der Waals surface area (Å²) in [4.78, 5) is 20.7. The molecular formula is C20H24F2N6O. The number of rotatable bonds is 3. The molecule has 29 heavy (non-hydrogen) atoms. The molecule has 1 aromatic carbocycles. The van der Waals surface area contributed by atoms with Crippen molar-refractivity contribution in [1.29, 1.82) is 0 Å². The highest BCUT2D eigenvalue weighted by atomic mass is 19.1. The molecule has 0 aliphatic carbocycles. The van der Waals surface area contributed by atoms with Gasteiger partial charge >= 0.3 is 0 Å². The van der Waals surface area contributed by atoms with Crippen LogP contribution in [0.3, 0.4) is 0 Å². The quantitative estimate of drug-likeness (QED) is 0.775. The van der Waals surface area contributed by atoms with Crippen molar-refractivity contribution in [1.82, 2.24) is 20.0 Å². The Bertz CT molecular complexity index is 862. The molecule has 0 N–H and O–H groups in total.